The summed E-state index contributed by atoms with van der Waals surface area (Å²) in [6, 6.07) is 6.00. The average molecular weight is 279 g/mol. The molecule has 20 heavy (non-hydrogen) atoms. The first-order valence-corrected chi connectivity index (χ1v) is 7.22. The molecule has 1 aliphatic rings. The first-order valence-electron chi connectivity index (χ1n) is 7.22. The van der Waals surface area contributed by atoms with Crippen LogP contribution in [0.2, 0.25) is 0 Å². The molecular formula is C15H22FN3O. The Hall–Kier alpha value is -1.62. The first-order chi connectivity index (χ1) is 9.70. The van der Waals surface area contributed by atoms with Crippen molar-refractivity contribution in [2.45, 2.75) is 19.8 Å². The predicted molar refractivity (Wildman–Crippen MR) is 78.3 cm³/mol. The molecule has 110 valence electrons. The fourth-order valence-electron chi connectivity index (χ4n) is 2.50. The van der Waals surface area contributed by atoms with Gasteiger partial charge in [0.15, 0.2) is 0 Å². The number of carbonyl (C=O) groups excluding carboxylic acids is 1. The molecule has 1 atom stereocenters. The zero-order chi connectivity index (χ0) is 14.4. The van der Waals surface area contributed by atoms with Gasteiger partial charge in [-0.25, -0.2) is 9.18 Å². The third-order valence-electron chi connectivity index (χ3n) is 3.66. The van der Waals surface area contributed by atoms with Crippen LogP contribution in [-0.4, -0.2) is 37.1 Å². The van der Waals surface area contributed by atoms with E-state index in [9.17, 15) is 9.18 Å². The minimum Gasteiger partial charge on any atom is -0.324 e. The van der Waals surface area contributed by atoms with Crippen LogP contribution in [0, 0.1) is 11.7 Å². The van der Waals surface area contributed by atoms with E-state index in [0.717, 1.165) is 25.9 Å². The van der Waals surface area contributed by atoms with E-state index < -0.39 is 5.82 Å². The quantitative estimate of drug-likeness (QED) is 0.890. The first kappa shape index (κ1) is 14.8. The number of anilines is 1. The Balaban J connectivity index is 1.93. The van der Waals surface area contributed by atoms with Gasteiger partial charge in [-0.15, -0.1) is 0 Å². The largest absolute Gasteiger partial charge is 0.324 e. The molecule has 1 aliphatic heterocycles. The van der Waals surface area contributed by atoms with Crippen LogP contribution in [0.3, 0.4) is 0 Å². The molecule has 0 bridgehead atoms. The number of urea groups is 1. The molecule has 1 aromatic rings. The Morgan fingerprint density at radius 1 is 1.50 bits per heavy atom. The summed E-state index contributed by atoms with van der Waals surface area (Å²) in [7, 11) is 0. The van der Waals surface area contributed by atoms with E-state index in [2.05, 4.69) is 10.6 Å². The molecule has 2 N–H and O–H groups in total. The maximum absolute atomic E-state index is 13.5. The Bertz CT molecular complexity index is 446. The van der Waals surface area contributed by atoms with Gasteiger partial charge in [-0.1, -0.05) is 12.1 Å². The minimum absolute atomic E-state index is 0.233. The highest BCUT2D eigenvalue weighted by atomic mass is 19.1. The molecule has 1 aromatic carbocycles. The van der Waals surface area contributed by atoms with Gasteiger partial charge in [-0.05, 0) is 50.9 Å². The van der Waals surface area contributed by atoms with Crippen LogP contribution in [0.4, 0.5) is 14.9 Å². The number of piperidine rings is 1. The summed E-state index contributed by atoms with van der Waals surface area (Å²) >= 11 is 0. The van der Waals surface area contributed by atoms with Crippen LogP contribution in [-0.2, 0) is 0 Å². The van der Waals surface area contributed by atoms with Gasteiger partial charge < -0.3 is 15.5 Å². The number of hydrogen-bond acceptors (Lipinski definition) is 2. The highest BCUT2D eigenvalue weighted by molar-refractivity contribution is 5.89. The van der Waals surface area contributed by atoms with Gasteiger partial charge in [0.25, 0.3) is 0 Å². The Kier molecular flexibility index (Phi) is 5.35. The van der Waals surface area contributed by atoms with E-state index >= 15 is 0 Å². The van der Waals surface area contributed by atoms with E-state index in [1.807, 2.05) is 6.92 Å². The van der Waals surface area contributed by atoms with Crippen molar-refractivity contribution < 1.29 is 9.18 Å². The average Bonchev–Trinajstić information content (AvgIpc) is 2.48. The van der Waals surface area contributed by atoms with Crippen LogP contribution in [0.1, 0.15) is 19.8 Å². The normalized spacial score (nSPS) is 18.6. The second kappa shape index (κ2) is 7.24. The zero-order valence-electron chi connectivity index (χ0n) is 11.9. The van der Waals surface area contributed by atoms with Crippen LogP contribution in [0.15, 0.2) is 24.3 Å². The number of hydrogen-bond donors (Lipinski definition) is 2. The second-order valence-corrected chi connectivity index (χ2v) is 5.16. The Morgan fingerprint density at radius 3 is 2.95 bits per heavy atom. The molecule has 5 heteroatoms. The zero-order valence-corrected chi connectivity index (χ0v) is 11.9. The third-order valence-corrected chi connectivity index (χ3v) is 3.66. The van der Waals surface area contributed by atoms with Crippen molar-refractivity contribution in [1.29, 1.82) is 0 Å². The van der Waals surface area contributed by atoms with Gasteiger partial charge in [-0.3, -0.25) is 0 Å². The molecule has 0 saturated carbocycles. The smallest absolute Gasteiger partial charge is 0.321 e. The molecule has 0 aromatic heterocycles. The van der Waals surface area contributed by atoms with Gasteiger partial charge >= 0.3 is 6.03 Å². The molecular weight excluding hydrogens is 257 g/mol. The van der Waals surface area contributed by atoms with Crippen molar-refractivity contribution in [2.24, 2.45) is 5.92 Å². The molecule has 0 spiro atoms. The molecule has 2 amide bonds. The van der Waals surface area contributed by atoms with Gasteiger partial charge in [0.1, 0.15) is 5.82 Å². The molecule has 2 rings (SSSR count). The highest BCUT2D eigenvalue weighted by Gasteiger charge is 2.20. The van der Waals surface area contributed by atoms with E-state index in [0.29, 0.717) is 19.0 Å². The van der Waals surface area contributed by atoms with E-state index in [-0.39, 0.29) is 11.7 Å². The summed E-state index contributed by atoms with van der Waals surface area (Å²) in [5.74, 6) is 0.0753. The lowest BCUT2D eigenvalue weighted by Crippen LogP contribution is -2.42. The summed E-state index contributed by atoms with van der Waals surface area (Å²) in [6.07, 6.45) is 2.29. The third kappa shape index (κ3) is 3.93. The van der Waals surface area contributed by atoms with Crippen molar-refractivity contribution >= 4 is 11.7 Å². The topological polar surface area (TPSA) is 44.4 Å². The molecule has 0 radical (unpaired) electrons. The molecule has 4 nitrogen and oxygen atoms in total. The number of benzene rings is 1. The van der Waals surface area contributed by atoms with Gasteiger partial charge in [-0.2, -0.15) is 0 Å². The summed E-state index contributed by atoms with van der Waals surface area (Å²) < 4.78 is 13.5. The summed E-state index contributed by atoms with van der Waals surface area (Å²) in [6.45, 7) is 5.28. The van der Waals surface area contributed by atoms with E-state index in [4.69, 9.17) is 0 Å². The van der Waals surface area contributed by atoms with Crippen LogP contribution in [0.25, 0.3) is 0 Å². The monoisotopic (exact) mass is 279 g/mol. The fraction of sp³-hybridized carbons (Fsp3) is 0.533. The van der Waals surface area contributed by atoms with Gasteiger partial charge in [0, 0.05) is 13.1 Å². The number of carbonyl (C=O) groups is 1. The van der Waals surface area contributed by atoms with E-state index in [1.54, 1.807) is 23.1 Å². The molecule has 1 heterocycles. The summed E-state index contributed by atoms with van der Waals surface area (Å²) in [5, 5.41) is 5.99. The van der Waals surface area contributed by atoms with Gasteiger partial charge in [0.05, 0.1) is 5.69 Å². The number of rotatable bonds is 4. The van der Waals surface area contributed by atoms with Crippen LogP contribution in [0.5, 0.6) is 0 Å². The SMILES string of the molecule is CCN(CC1CCCNC1)C(=O)Nc1ccccc1F. The Morgan fingerprint density at radius 2 is 2.30 bits per heavy atom. The lowest BCUT2D eigenvalue weighted by molar-refractivity contribution is 0.197. The molecule has 1 unspecified atom stereocenters. The van der Waals surface area contributed by atoms with E-state index in [1.165, 1.54) is 6.07 Å². The molecule has 0 aliphatic carbocycles. The second-order valence-electron chi connectivity index (χ2n) is 5.16. The number of para-hydroxylation sites is 1. The van der Waals surface area contributed by atoms with Crippen molar-refractivity contribution in [3.8, 4) is 0 Å². The van der Waals surface area contributed by atoms with Crippen LogP contribution < -0.4 is 10.6 Å². The molecule has 1 fully saturated rings. The minimum atomic E-state index is -0.406. The fourth-order valence-corrected chi connectivity index (χ4v) is 2.50. The van der Waals surface area contributed by atoms with Crippen molar-refractivity contribution in [3.63, 3.8) is 0 Å². The summed E-state index contributed by atoms with van der Waals surface area (Å²) in [4.78, 5) is 13.9. The van der Waals surface area contributed by atoms with Gasteiger partial charge in [0.2, 0.25) is 0 Å². The number of nitrogens with one attached hydrogen (secondary N) is 2. The highest BCUT2D eigenvalue weighted by Crippen LogP contribution is 2.15. The number of amides is 2. The van der Waals surface area contributed by atoms with Crippen molar-refractivity contribution in [1.82, 2.24) is 10.2 Å². The Labute approximate surface area is 119 Å². The van der Waals surface area contributed by atoms with Crippen molar-refractivity contribution in [2.75, 3.05) is 31.5 Å². The maximum atomic E-state index is 13.5. The summed E-state index contributed by atoms with van der Waals surface area (Å²) in [5.41, 5.74) is 0.234. The lowest BCUT2D eigenvalue weighted by atomic mass is 9.99. The van der Waals surface area contributed by atoms with Crippen LogP contribution >= 0.6 is 0 Å². The number of nitrogens with zero attached hydrogens (tertiary/aromatic N) is 1. The molecule has 1 saturated heterocycles. The maximum Gasteiger partial charge on any atom is 0.321 e. The standard InChI is InChI=1S/C15H22FN3O/c1-2-19(11-12-6-5-9-17-10-12)15(20)18-14-8-4-3-7-13(14)16/h3-4,7-8,12,17H,2,5-6,9-11H2,1H3,(H,18,20). The predicted octanol–water partition coefficient (Wildman–Crippen LogP) is 2.68. The number of halogens is 1. The van der Waals surface area contributed by atoms with Crippen molar-refractivity contribution in [3.05, 3.63) is 30.1 Å². The lowest BCUT2D eigenvalue weighted by Gasteiger charge is -2.29.